The summed E-state index contributed by atoms with van der Waals surface area (Å²) >= 11 is 1.41. The summed E-state index contributed by atoms with van der Waals surface area (Å²) in [6.07, 6.45) is 2.75. The van der Waals surface area contributed by atoms with Crippen LogP contribution in [0.3, 0.4) is 0 Å². The summed E-state index contributed by atoms with van der Waals surface area (Å²) in [5, 5.41) is 0.541. The number of esters is 1. The smallest absolute Gasteiger partial charge is 0.306 e. The highest BCUT2D eigenvalue weighted by molar-refractivity contribution is 7.15. The number of anilines is 1. The number of rotatable bonds is 4. The van der Waals surface area contributed by atoms with Gasteiger partial charge in [0, 0.05) is 11.1 Å². The molecule has 6 heteroatoms. The Morgan fingerprint density at radius 1 is 1.71 bits per heavy atom. The normalized spacial score (nSPS) is 9.21. The van der Waals surface area contributed by atoms with Crippen LogP contribution in [0.1, 0.15) is 18.2 Å². The molecule has 0 spiro atoms. The monoisotopic (exact) mass is 236 g/mol. The fourth-order valence-corrected chi connectivity index (χ4v) is 1.58. The molecule has 1 heterocycles. The SMILES string of the molecule is CCOC(=O)CCc1cnc(N)s1.Cl. The van der Waals surface area contributed by atoms with Crippen molar-refractivity contribution in [2.24, 2.45) is 0 Å². The van der Waals surface area contributed by atoms with Crippen LogP contribution in [0.5, 0.6) is 0 Å². The lowest BCUT2D eigenvalue weighted by Gasteiger charge is -1.98. The Kier molecular flexibility index (Phi) is 6.23. The average Bonchev–Trinajstić information content (AvgIpc) is 2.49. The second-order valence-corrected chi connectivity index (χ2v) is 3.62. The highest BCUT2D eigenvalue weighted by Crippen LogP contribution is 2.15. The molecule has 0 saturated heterocycles. The van der Waals surface area contributed by atoms with Gasteiger partial charge in [0.1, 0.15) is 0 Å². The molecular formula is C8H13ClN2O2S. The van der Waals surface area contributed by atoms with Gasteiger partial charge in [0.2, 0.25) is 0 Å². The molecule has 1 aromatic heterocycles. The molecule has 0 amide bonds. The Morgan fingerprint density at radius 3 is 2.93 bits per heavy atom. The number of aryl methyl sites for hydroxylation is 1. The van der Waals surface area contributed by atoms with E-state index in [0.717, 1.165) is 4.88 Å². The molecule has 0 aromatic carbocycles. The summed E-state index contributed by atoms with van der Waals surface area (Å²) in [4.78, 5) is 15.9. The molecule has 2 N–H and O–H groups in total. The van der Waals surface area contributed by atoms with Crippen molar-refractivity contribution in [3.05, 3.63) is 11.1 Å². The Bertz CT molecular complexity index is 291. The van der Waals surface area contributed by atoms with Crippen LogP contribution in [-0.4, -0.2) is 17.6 Å². The van der Waals surface area contributed by atoms with Crippen LogP contribution in [0.25, 0.3) is 0 Å². The summed E-state index contributed by atoms with van der Waals surface area (Å²) in [6, 6.07) is 0. The third-order valence-corrected chi connectivity index (χ3v) is 2.34. The highest BCUT2D eigenvalue weighted by Gasteiger charge is 2.04. The van der Waals surface area contributed by atoms with Gasteiger partial charge in [-0.15, -0.1) is 23.7 Å². The van der Waals surface area contributed by atoms with E-state index in [4.69, 9.17) is 10.5 Å². The van der Waals surface area contributed by atoms with Crippen molar-refractivity contribution in [3.63, 3.8) is 0 Å². The third-order valence-electron chi connectivity index (χ3n) is 1.45. The van der Waals surface area contributed by atoms with Crippen LogP contribution in [0.4, 0.5) is 5.13 Å². The van der Waals surface area contributed by atoms with Gasteiger partial charge in [-0.25, -0.2) is 4.98 Å². The first kappa shape index (κ1) is 13.2. The van der Waals surface area contributed by atoms with E-state index in [1.807, 2.05) is 0 Å². The number of carbonyl (C=O) groups excluding carboxylic acids is 1. The molecular weight excluding hydrogens is 224 g/mol. The number of halogens is 1. The lowest BCUT2D eigenvalue weighted by atomic mass is 10.3. The number of carbonyl (C=O) groups is 1. The lowest BCUT2D eigenvalue weighted by Crippen LogP contribution is -2.04. The van der Waals surface area contributed by atoms with Crippen LogP contribution >= 0.6 is 23.7 Å². The second kappa shape index (κ2) is 6.62. The minimum atomic E-state index is -0.172. The van der Waals surface area contributed by atoms with Crippen molar-refractivity contribution < 1.29 is 9.53 Å². The molecule has 0 aliphatic heterocycles. The molecule has 0 saturated carbocycles. The van der Waals surface area contributed by atoms with E-state index < -0.39 is 0 Å². The molecule has 0 radical (unpaired) electrons. The zero-order chi connectivity index (χ0) is 9.68. The number of hydrogen-bond donors (Lipinski definition) is 1. The van der Waals surface area contributed by atoms with Crippen molar-refractivity contribution in [2.45, 2.75) is 19.8 Å². The summed E-state index contributed by atoms with van der Waals surface area (Å²) in [5.74, 6) is -0.172. The second-order valence-electron chi connectivity index (χ2n) is 2.47. The fraction of sp³-hybridized carbons (Fsp3) is 0.500. The molecule has 4 nitrogen and oxygen atoms in total. The molecule has 14 heavy (non-hydrogen) atoms. The Morgan fingerprint density at radius 2 is 2.43 bits per heavy atom. The summed E-state index contributed by atoms with van der Waals surface area (Å²) in [7, 11) is 0. The maximum Gasteiger partial charge on any atom is 0.306 e. The van der Waals surface area contributed by atoms with Crippen molar-refractivity contribution >= 4 is 34.8 Å². The third kappa shape index (κ3) is 4.43. The fourth-order valence-electron chi connectivity index (χ4n) is 0.897. The number of hydrogen-bond acceptors (Lipinski definition) is 5. The molecule has 1 rings (SSSR count). The largest absolute Gasteiger partial charge is 0.466 e. The molecule has 0 unspecified atom stereocenters. The summed E-state index contributed by atoms with van der Waals surface area (Å²) < 4.78 is 4.78. The zero-order valence-corrected chi connectivity index (χ0v) is 9.49. The minimum absolute atomic E-state index is 0. The predicted octanol–water partition coefficient (Wildman–Crippen LogP) is 1.64. The summed E-state index contributed by atoms with van der Waals surface area (Å²) in [5.41, 5.74) is 5.43. The number of nitrogens with two attached hydrogens (primary N) is 1. The molecule has 80 valence electrons. The maximum atomic E-state index is 11.0. The molecule has 0 fully saturated rings. The number of thiazole rings is 1. The molecule has 0 aliphatic rings. The molecule has 0 atom stereocenters. The van der Waals surface area contributed by atoms with Crippen LogP contribution in [0.15, 0.2) is 6.20 Å². The highest BCUT2D eigenvalue weighted by atomic mass is 35.5. The van der Waals surface area contributed by atoms with E-state index in [0.29, 0.717) is 24.6 Å². The first-order valence-electron chi connectivity index (χ1n) is 4.08. The van der Waals surface area contributed by atoms with Gasteiger partial charge >= 0.3 is 5.97 Å². The molecule has 1 aromatic rings. The van der Waals surface area contributed by atoms with Crippen LogP contribution < -0.4 is 5.73 Å². The Hall–Kier alpha value is -0.810. The van der Waals surface area contributed by atoms with Gasteiger partial charge in [0.05, 0.1) is 13.0 Å². The van der Waals surface area contributed by atoms with Gasteiger partial charge in [-0.1, -0.05) is 0 Å². The number of nitrogen functional groups attached to an aromatic ring is 1. The van der Waals surface area contributed by atoms with Crippen molar-refractivity contribution in [1.82, 2.24) is 4.98 Å². The van der Waals surface area contributed by atoms with Crippen molar-refractivity contribution in [3.8, 4) is 0 Å². The standard InChI is InChI=1S/C8H12N2O2S.ClH/c1-2-12-7(11)4-3-6-5-10-8(9)13-6;/h5H,2-4H2,1H3,(H2,9,10);1H. The van der Waals surface area contributed by atoms with E-state index in [1.54, 1.807) is 13.1 Å². The van der Waals surface area contributed by atoms with E-state index in [2.05, 4.69) is 4.98 Å². The van der Waals surface area contributed by atoms with E-state index in [9.17, 15) is 4.79 Å². The van der Waals surface area contributed by atoms with Crippen LogP contribution in [-0.2, 0) is 16.0 Å². The summed E-state index contributed by atoms with van der Waals surface area (Å²) in [6.45, 7) is 2.23. The van der Waals surface area contributed by atoms with Crippen LogP contribution in [0.2, 0.25) is 0 Å². The first-order valence-corrected chi connectivity index (χ1v) is 4.90. The average molecular weight is 237 g/mol. The van der Waals surface area contributed by atoms with Gasteiger partial charge in [-0.3, -0.25) is 4.79 Å². The number of ether oxygens (including phenoxy) is 1. The van der Waals surface area contributed by atoms with Gasteiger partial charge in [0.15, 0.2) is 5.13 Å². The maximum absolute atomic E-state index is 11.0. The first-order chi connectivity index (χ1) is 6.22. The van der Waals surface area contributed by atoms with Gasteiger partial charge < -0.3 is 10.5 Å². The van der Waals surface area contributed by atoms with Crippen molar-refractivity contribution in [1.29, 1.82) is 0 Å². The topological polar surface area (TPSA) is 65.2 Å². The van der Waals surface area contributed by atoms with Crippen LogP contribution in [0, 0.1) is 0 Å². The Labute approximate surface area is 92.9 Å². The van der Waals surface area contributed by atoms with Gasteiger partial charge in [-0.2, -0.15) is 0 Å². The quantitative estimate of drug-likeness (QED) is 0.808. The number of aromatic nitrogens is 1. The van der Waals surface area contributed by atoms with E-state index in [-0.39, 0.29) is 18.4 Å². The molecule has 0 bridgehead atoms. The Balaban J connectivity index is 0.00000169. The minimum Gasteiger partial charge on any atom is -0.466 e. The van der Waals surface area contributed by atoms with E-state index in [1.165, 1.54) is 11.3 Å². The van der Waals surface area contributed by atoms with Crippen molar-refractivity contribution in [2.75, 3.05) is 12.3 Å². The van der Waals surface area contributed by atoms with E-state index >= 15 is 0 Å². The lowest BCUT2D eigenvalue weighted by molar-refractivity contribution is -0.143. The molecule has 0 aliphatic carbocycles. The number of nitrogens with zero attached hydrogens (tertiary/aromatic N) is 1. The van der Waals surface area contributed by atoms with Gasteiger partial charge in [-0.05, 0) is 13.3 Å². The van der Waals surface area contributed by atoms with Gasteiger partial charge in [0.25, 0.3) is 0 Å². The zero-order valence-electron chi connectivity index (χ0n) is 7.86. The predicted molar refractivity (Wildman–Crippen MR) is 58.7 cm³/mol.